The topological polar surface area (TPSA) is 50.4 Å². The Bertz CT molecular complexity index is 288. The molecule has 0 bridgehead atoms. The molecular weight excluding hydrogens is 264 g/mol. The maximum Gasteiger partial charge on any atom is 0.228 e. The zero-order valence-electron chi connectivity index (χ0n) is 12.0. The van der Waals surface area contributed by atoms with Crippen LogP contribution < -0.4 is 10.6 Å². The second kappa shape index (κ2) is 7.46. The van der Waals surface area contributed by atoms with Crippen molar-refractivity contribution >= 4 is 18.3 Å². The Morgan fingerprint density at radius 1 is 1.42 bits per heavy atom. The van der Waals surface area contributed by atoms with Gasteiger partial charge in [0.25, 0.3) is 0 Å². The zero-order valence-corrected chi connectivity index (χ0v) is 12.9. The lowest BCUT2D eigenvalue weighted by Crippen LogP contribution is -2.50. The predicted octanol–water partition coefficient (Wildman–Crippen LogP) is 1.73. The van der Waals surface area contributed by atoms with Gasteiger partial charge in [-0.05, 0) is 44.7 Å². The second-order valence-corrected chi connectivity index (χ2v) is 5.83. The van der Waals surface area contributed by atoms with Gasteiger partial charge in [-0.3, -0.25) is 4.79 Å². The first-order valence-corrected chi connectivity index (χ1v) is 7.22. The fraction of sp³-hybridized carbons (Fsp3) is 0.929. The first kappa shape index (κ1) is 16.7. The van der Waals surface area contributed by atoms with Gasteiger partial charge >= 0.3 is 0 Å². The molecule has 0 spiro atoms. The fourth-order valence-corrected chi connectivity index (χ4v) is 3.05. The van der Waals surface area contributed by atoms with Gasteiger partial charge in [0.2, 0.25) is 5.91 Å². The van der Waals surface area contributed by atoms with Crippen LogP contribution in [0.25, 0.3) is 0 Å². The molecule has 112 valence electrons. The van der Waals surface area contributed by atoms with E-state index in [-0.39, 0.29) is 23.7 Å². The summed E-state index contributed by atoms with van der Waals surface area (Å²) in [7, 11) is 1.69. The third-order valence-electron chi connectivity index (χ3n) is 4.36. The van der Waals surface area contributed by atoms with Crippen molar-refractivity contribution < 1.29 is 9.53 Å². The van der Waals surface area contributed by atoms with Crippen molar-refractivity contribution in [3.8, 4) is 0 Å². The Hall–Kier alpha value is -0.320. The summed E-state index contributed by atoms with van der Waals surface area (Å²) in [5.41, 5.74) is -0.292. The van der Waals surface area contributed by atoms with Gasteiger partial charge in [-0.2, -0.15) is 0 Å². The fourth-order valence-electron chi connectivity index (χ4n) is 3.05. The number of hydrogen-bond donors (Lipinski definition) is 2. The number of nitrogens with one attached hydrogen (secondary N) is 2. The maximum absolute atomic E-state index is 12.5. The van der Waals surface area contributed by atoms with E-state index in [4.69, 9.17) is 4.74 Å². The minimum Gasteiger partial charge on any atom is -0.384 e. The van der Waals surface area contributed by atoms with E-state index in [9.17, 15) is 4.79 Å². The minimum atomic E-state index is -0.292. The van der Waals surface area contributed by atoms with Crippen molar-refractivity contribution in [3.63, 3.8) is 0 Å². The van der Waals surface area contributed by atoms with Crippen LogP contribution in [0.5, 0.6) is 0 Å². The molecule has 1 saturated carbocycles. The van der Waals surface area contributed by atoms with E-state index in [1.807, 2.05) is 0 Å². The van der Waals surface area contributed by atoms with Crippen LogP contribution in [-0.4, -0.2) is 38.8 Å². The van der Waals surface area contributed by atoms with Crippen LogP contribution in [0.3, 0.4) is 0 Å². The Morgan fingerprint density at radius 3 is 2.68 bits per heavy atom. The second-order valence-electron chi connectivity index (χ2n) is 5.83. The zero-order chi connectivity index (χ0) is 13.0. The molecule has 1 aliphatic carbocycles. The van der Waals surface area contributed by atoms with Gasteiger partial charge in [0.1, 0.15) is 0 Å². The van der Waals surface area contributed by atoms with Crippen LogP contribution in [0, 0.1) is 11.3 Å². The molecule has 5 heteroatoms. The normalized spacial score (nSPS) is 28.3. The molecule has 2 fully saturated rings. The third kappa shape index (κ3) is 4.07. The SMILES string of the molecule is CCCC1CC1NC(=O)C1(COC)CCNCC1.Cl. The summed E-state index contributed by atoms with van der Waals surface area (Å²) in [6, 6.07) is 0.432. The van der Waals surface area contributed by atoms with Crippen LogP contribution in [0.1, 0.15) is 39.0 Å². The molecule has 1 heterocycles. The van der Waals surface area contributed by atoms with Crippen LogP contribution >= 0.6 is 12.4 Å². The standard InChI is InChI=1S/C14H26N2O2.ClH/c1-3-4-11-9-12(11)16-13(17)14(10-18-2)5-7-15-8-6-14;/h11-12,15H,3-10H2,1-2H3,(H,16,17);1H. The lowest BCUT2D eigenvalue weighted by molar-refractivity contribution is -0.136. The van der Waals surface area contributed by atoms with E-state index < -0.39 is 0 Å². The minimum absolute atomic E-state index is 0. The number of carbonyl (C=O) groups is 1. The summed E-state index contributed by atoms with van der Waals surface area (Å²) >= 11 is 0. The molecule has 2 rings (SSSR count). The van der Waals surface area contributed by atoms with Crippen molar-refractivity contribution in [3.05, 3.63) is 0 Å². The number of hydrogen-bond acceptors (Lipinski definition) is 3. The van der Waals surface area contributed by atoms with Crippen molar-refractivity contribution in [2.75, 3.05) is 26.8 Å². The maximum atomic E-state index is 12.5. The molecule has 0 aromatic rings. The molecule has 4 nitrogen and oxygen atoms in total. The van der Waals surface area contributed by atoms with E-state index in [1.54, 1.807) is 7.11 Å². The van der Waals surface area contributed by atoms with E-state index in [2.05, 4.69) is 17.6 Å². The van der Waals surface area contributed by atoms with Gasteiger partial charge in [0.05, 0.1) is 12.0 Å². The summed E-state index contributed by atoms with van der Waals surface area (Å²) in [5.74, 6) is 0.940. The highest BCUT2D eigenvalue weighted by Gasteiger charge is 2.44. The number of methoxy groups -OCH3 is 1. The lowest BCUT2D eigenvalue weighted by atomic mass is 9.78. The molecule has 2 unspecified atom stereocenters. The van der Waals surface area contributed by atoms with Crippen molar-refractivity contribution in [1.29, 1.82) is 0 Å². The molecule has 1 aliphatic heterocycles. The molecular formula is C14H27ClN2O2. The first-order valence-electron chi connectivity index (χ1n) is 7.22. The smallest absolute Gasteiger partial charge is 0.228 e. The van der Waals surface area contributed by atoms with E-state index in [0.29, 0.717) is 12.6 Å². The largest absolute Gasteiger partial charge is 0.384 e. The molecule has 1 amide bonds. The summed E-state index contributed by atoms with van der Waals surface area (Å²) < 4.78 is 5.29. The van der Waals surface area contributed by atoms with Gasteiger partial charge in [0.15, 0.2) is 0 Å². The monoisotopic (exact) mass is 290 g/mol. The number of rotatable bonds is 6. The van der Waals surface area contributed by atoms with Crippen LogP contribution in [0.2, 0.25) is 0 Å². The molecule has 2 N–H and O–H groups in total. The first-order chi connectivity index (χ1) is 8.72. The molecule has 0 radical (unpaired) electrons. The average Bonchev–Trinajstić information content (AvgIpc) is 3.09. The lowest BCUT2D eigenvalue weighted by Gasteiger charge is -2.35. The Balaban J connectivity index is 0.00000180. The number of piperidine rings is 1. The molecule has 2 aliphatic rings. The summed E-state index contributed by atoms with van der Waals surface area (Å²) in [6.45, 7) is 4.59. The van der Waals surface area contributed by atoms with Gasteiger partial charge in [-0.25, -0.2) is 0 Å². The van der Waals surface area contributed by atoms with Crippen molar-refractivity contribution in [2.45, 2.75) is 45.1 Å². The van der Waals surface area contributed by atoms with Gasteiger partial charge in [0, 0.05) is 13.2 Å². The highest BCUT2D eigenvalue weighted by Crippen LogP contribution is 2.37. The van der Waals surface area contributed by atoms with Gasteiger partial charge < -0.3 is 15.4 Å². The number of halogens is 1. The highest BCUT2D eigenvalue weighted by atomic mass is 35.5. The van der Waals surface area contributed by atoms with Crippen LogP contribution in [0.4, 0.5) is 0 Å². The van der Waals surface area contributed by atoms with E-state index in [1.165, 1.54) is 19.3 Å². The van der Waals surface area contributed by atoms with E-state index >= 15 is 0 Å². The van der Waals surface area contributed by atoms with Crippen LogP contribution in [0.15, 0.2) is 0 Å². The van der Waals surface area contributed by atoms with E-state index in [0.717, 1.165) is 31.8 Å². The van der Waals surface area contributed by atoms with Crippen molar-refractivity contribution in [2.24, 2.45) is 11.3 Å². The molecule has 0 aromatic heterocycles. The number of amides is 1. The number of carbonyl (C=O) groups excluding carboxylic acids is 1. The summed E-state index contributed by atoms with van der Waals surface area (Å²) in [4.78, 5) is 12.5. The third-order valence-corrected chi connectivity index (χ3v) is 4.36. The summed E-state index contributed by atoms with van der Waals surface area (Å²) in [6.07, 6.45) is 5.39. The molecule has 2 atom stereocenters. The Kier molecular flexibility index (Phi) is 6.57. The molecule has 1 saturated heterocycles. The molecule has 19 heavy (non-hydrogen) atoms. The van der Waals surface area contributed by atoms with Crippen LogP contribution in [-0.2, 0) is 9.53 Å². The average molecular weight is 291 g/mol. The molecule has 0 aromatic carbocycles. The predicted molar refractivity (Wildman–Crippen MR) is 78.6 cm³/mol. The number of ether oxygens (including phenoxy) is 1. The Morgan fingerprint density at radius 2 is 2.11 bits per heavy atom. The Labute approximate surface area is 122 Å². The van der Waals surface area contributed by atoms with Crippen molar-refractivity contribution in [1.82, 2.24) is 10.6 Å². The summed E-state index contributed by atoms with van der Waals surface area (Å²) in [5, 5.41) is 6.55. The highest BCUT2D eigenvalue weighted by molar-refractivity contribution is 5.85. The van der Waals surface area contributed by atoms with Gasteiger partial charge in [-0.15, -0.1) is 12.4 Å². The van der Waals surface area contributed by atoms with Gasteiger partial charge in [-0.1, -0.05) is 13.3 Å². The quantitative estimate of drug-likeness (QED) is 0.783.